The smallest absolute Gasteiger partial charge is 0.156 e. The van der Waals surface area contributed by atoms with Crippen molar-refractivity contribution in [1.82, 2.24) is 0 Å². The molecule has 0 heterocycles. The Kier molecular flexibility index (Phi) is 6.30. The van der Waals surface area contributed by atoms with Gasteiger partial charge >= 0.3 is 0 Å². The predicted molar refractivity (Wildman–Crippen MR) is 104 cm³/mol. The molecular formula is C20H23Cl2NO3. The maximum atomic E-state index is 9.44. The van der Waals surface area contributed by atoms with Gasteiger partial charge in [0.15, 0.2) is 5.75 Å². The van der Waals surface area contributed by atoms with E-state index in [1.807, 2.05) is 42.5 Å². The van der Waals surface area contributed by atoms with Crippen molar-refractivity contribution in [2.75, 3.05) is 19.8 Å². The van der Waals surface area contributed by atoms with Gasteiger partial charge < -0.3 is 20.3 Å². The molecule has 2 atom stereocenters. The molecule has 0 unspecified atom stereocenters. The summed E-state index contributed by atoms with van der Waals surface area (Å²) >= 11 is 12.8. The summed E-state index contributed by atoms with van der Waals surface area (Å²) in [6.07, 6.45) is 2.43. The number of aliphatic hydroxyl groups excluding tert-OH is 1. The lowest BCUT2D eigenvalue weighted by molar-refractivity contribution is 0.198. The van der Waals surface area contributed by atoms with Crippen LogP contribution in [0.15, 0.2) is 42.5 Å². The van der Waals surface area contributed by atoms with Crippen LogP contribution in [0.3, 0.4) is 0 Å². The van der Waals surface area contributed by atoms with Gasteiger partial charge in [-0.3, -0.25) is 0 Å². The Hall–Kier alpha value is -1.46. The number of ether oxygens (including phenoxy) is 2. The van der Waals surface area contributed by atoms with Gasteiger partial charge in [-0.2, -0.15) is 0 Å². The summed E-state index contributed by atoms with van der Waals surface area (Å²) in [5.41, 5.74) is 6.70. The van der Waals surface area contributed by atoms with Gasteiger partial charge in [0, 0.05) is 5.54 Å². The van der Waals surface area contributed by atoms with Crippen LogP contribution in [-0.2, 0) is 0 Å². The van der Waals surface area contributed by atoms with Crippen molar-refractivity contribution in [3.63, 3.8) is 0 Å². The molecule has 0 amide bonds. The van der Waals surface area contributed by atoms with Gasteiger partial charge in [-0.15, -0.1) is 0 Å². The number of rotatable bonds is 7. The number of nitrogens with two attached hydrogens (primary N) is 1. The summed E-state index contributed by atoms with van der Waals surface area (Å²) < 4.78 is 11.3. The zero-order valence-corrected chi connectivity index (χ0v) is 16.0. The molecule has 0 bridgehead atoms. The van der Waals surface area contributed by atoms with Crippen molar-refractivity contribution in [2.24, 2.45) is 5.73 Å². The van der Waals surface area contributed by atoms with Crippen LogP contribution in [0.2, 0.25) is 10.0 Å². The van der Waals surface area contributed by atoms with Crippen LogP contribution in [0.1, 0.15) is 30.7 Å². The average molecular weight is 396 g/mol. The molecular weight excluding hydrogens is 373 g/mol. The first-order chi connectivity index (χ1) is 12.5. The molecule has 1 fully saturated rings. The lowest BCUT2D eigenvalue weighted by Gasteiger charge is -2.21. The summed E-state index contributed by atoms with van der Waals surface area (Å²) in [7, 11) is 0. The van der Waals surface area contributed by atoms with Crippen LogP contribution in [0, 0.1) is 0 Å². The number of aliphatic hydroxyl groups is 1. The molecule has 0 aliphatic heterocycles. The largest absolute Gasteiger partial charge is 0.490 e. The summed E-state index contributed by atoms with van der Waals surface area (Å²) in [6.45, 7) is 0.731. The van der Waals surface area contributed by atoms with Gasteiger partial charge in [0.25, 0.3) is 0 Å². The maximum Gasteiger partial charge on any atom is 0.156 e. The number of benzene rings is 2. The lowest BCUT2D eigenvalue weighted by atomic mass is 9.93. The molecule has 0 radical (unpaired) electrons. The number of hydrogen-bond donors (Lipinski definition) is 2. The van der Waals surface area contributed by atoms with E-state index in [0.717, 1.165) is 30.6 Å². The van der Waals surface area contributed by atoms with E-state index in [4.69, 9.17) is 38.4 Å². The second kappa shape index (κ2) is 8.49. The van der Waals surface area contributed by atoms with Crippen molar-refractivity contribution in [3.05, 3.63) is 58.1 Å². The quantitative estimate of drug-likeness (QED) is 0.681. The highest BCUT2D eigenvalue weighted by atomic mass is 35.5. The molecule has 0 aromatic heterocycles. The SMILES string of the molecule is N[C@@]1(CO)CC[C@H](c2cc(Cl)c(OCCOc3ccccc3)c(Cl)c2)C1. The Morgan fingerprint density at radius 2 is 1.73 bits per heavy atom. The predicted octanol–water partition coefficient (Wildman–Crippen LogP) is 4.41. The molecule has 1 saturated carbocycles. The van der Waals surface area contributed by atoms with E-state index in [0.29, 0.717) is 29.0 Å². The minimum absolute atomic E-state index is 0.00638. The van der Waals surface area contributed by atoms with Crippen LogP contribution in [0.4, 0.5) is 0 Å². The standard InChI is InChI=1S/C20H23Cl2NO3/c21-17-10-15(14-6-7-20(23,12-14)13-24)11-18(22)19(17)26-9-8-25-16-4-2-1-3-5-16/h1-5,10-11,14,24H,6-9,12-13,23H2/t14-,20-/m0/s1. The molecule has 2 aromatic carbocycles. The topological polar surface area (TPSA) is 64.7 Å². The van der Waals surface area contributed by atoms with Crippen LogP contribution < -0.4 is 15.2 Å². The maximum absolute atomic E-state index is 9.44. The van der Waals surface area contributed by atoms with E-state index >= 15 is 0 Å². The Morgan fingerprint density at radius 3 is 2.35 bits per heavy atom. The van der Waals surface area contributed by atoms with Crippen LogP contribution in [0.25, 0.3) is 0 Å². The lowest BCUT2D eigenvalue weighted by Crippen LogP contribution is -2.40. The monoisotopic (exact) mass is 395 g/mol. The van der Waals surface area contributed by atoms with Crippen molar-refractivity contribution in [3.8, 4) is 11.5 Å². The molecule has 3 N–H and O–H groups in total. The summed E-state index contributed by atoms with van der Waals surface area (Å²) in [4.78, 5) is 0. The first kappa shape index (κ1) is 19.3. The first-order valence-electron chi connectivity index (χ1n) is 8.70. The molecule has 0 saturated heterocycles. The van der Waals surface area contributed by atoms with Gasteiger partial charge in [0.05, 0.1) is 16.7 Å². The molecule has 6 heteroatoms. The molecule has 140 valence electrons. The highest BCUT2D eigenvalue weighted by molar-refractivity contribution is 6.37. The number of hydrogen-bond acceptors (Lipinski definition) is 4. The molecule has 2 aromatic rings. The van der Waals surface area contributed by atoms with Gasteiger partial charge in [0.1, 0.15) is 19.0 Å². The molecule has 3 rings (SSSR count). The van der Waals surface area contributed by atoms with E-state index in [2.05, 4.69) is 0 Å². The third-order valence-electron chi connectivity index (χ3n) is 4.79. The summed E-state index contributed by atoms with van der Waals surface area (Å²) in [6, 6.07) is 13.3. The summed E-state index contributed by atoms with van der Waals surface area (Å²) in [5.74, 6) is 1.50. The fourth-order valence-electron chi connectivity index (χ4n) is 3.36. The van der Waals surface area contributed by atoms with Gasteiger partial charge in [-0.1, -0.05) is 41.4 Å². The first-order valence-corrected chi connectivity index (χ1v) is 9.46. The van der Waals surface area contributed by atoms with E-state index in [-0.39, 0.29) is 12.5 Å². The number of halogens is 2. The van der Waals surface area contributed by atoms with Gasteiger partial charge in [0.2, 0.25) is 0 Å². The Labute approximate surface area is 163 Å². The van der Waals surface area contributed by atoms with Crippen molar-refractivity contribution < 1.29 is 14.6 Å². The van der Waals surface area contributed by atoms with E-state index in [1.165, 1.54) is 0 Å². The van der Waals surface area contributed by atoms with Crippen molar-refractivity contribution in [1.29, 1.82) is 0 Å². The minimum Gasteiger partial charge on any atom is -0.490 e. The number of para-hydroxylation sites is 1. The molecule has 26 heavy (non-hydrogen) atoms. The molecule has 0 spiro atoms. The van der Waals surface area contributed by atoms with E-state index in [1.54, 1.807) is 0 Å². The third kappa shape index (κ3) is 4.63. The van der Waals surface area contributed by atoms with Gasteiger partial charge in [-0.25, -0.2) is 0 Å². The molecule has 1 aliphatic rings. The zero-order chi connectivity index (χ0) is 18.6. The highest BCUT2D eigenvalue weighted by Crippen LogP contribution is 2.43. The molecule has 1 aliphatic carbocycles. The fourth-order valence-corrected chi connectivity index (χ4v) is 3.97. The average Bonchev–Trinajstić information content (AvgIpc) is 3.04. The van der Waals surface area contributed by atoms with Gasteiger partial charge in [-0.05, 0) is 55.0 Å². The second-order valence-electron chi connectivity index (χ2n) is 6.78. The van der Waals surface area contributed by atoms with Crippen LogP contribution in [0.5, 0.6) is 11.5 Å². The normalized spacial score (nSPS) is 22.4. The third-order valence-corrected chi connectivity index (χ3v) is 5.35. The fraction of sp³-hybridized carbons (Fsp3) is 0.400. The highest BCUT2D eigenvalue weighted by Gasteiger charge is 2.36. The Balaban J connectivity index is 1.59. The minimum atomic E-state index is -0.506. The molecule has 4 nitrogen and oxygen atoms in total. The second-order valence-corrected chi connectivity index (χ2v) is 7.60. The summed E-state index contributed by atoms with van der Waals surface area (Å²) in [5, 5.41) is 10.4. The zero-order valence-electron chi connectivity index (χ0n) is 14.5. The van der Waals surface area contributed by atoms with Crippen LogP contribution in [-0.4, -0.2) is 30.5 Å². The van der Waals surface area contributed by atoms with Crippen molar-refractivity contribution in [2.45, 2.75) is 30.7 Å². The van der Waals surface area contributed by atoms with E-state index < -0.39 is 5.54 Å². The Bertz CT molecular complexity index is 718. The Morgan fingerprint density at radius 1 is 1.08 bits per heavy atom. The van der Waals surface area contributed by atoms with Crippen LogP contribution >= 0.6 is 23.2 Å². The van der Waals surface area contributed by atoms with E-state index in [9.17, 15) is 5.11 Å². The van der Waals surface area contributed by atoms with Crippen molar-refractivity contribution >= 4 is 23.2 Å².